The number of carbonyl (C=O) groups excluding carboxylic acids is 2. The van der Waals surface area contributed by atoms with Crippen LogP contribution in [0, 0.1) is 6.92 Å². The fourth-order valence-electron chi connectivity index (χ4n) is 2.52. The number of hydrogen-bond acceptors (Lipinski definition) is 5. The molecule has 27 heavy (non-hydrogen) atoms. The molecule has 2 aromatic carbocycles. The second-order valence-corrected chi connectivity index (χ2v) is 6.14. The summed E-state index contributed by atoms with van der Waals surface area (Å²) in [7, 11) is 3.10. The lowest BCUT2D eigenvalue weighted by Crippen LogP contribution is -2.37. The summed E-state index contributed by atoms with van der Waals surface area (Å²) in [6.45, 7) is 3.86. The first-order valence-corrected chi connectivity index (χ1v) is 8.71. The van der Waals surface area contributed by atoms with E-state index in [9.17, 15) is 9.59 Å². The summed E-state index contributed by atoms with van der Waals surface area (Å²) in [4.78, 5) is 24.5. The van der Waals surface area contributed by atoms with Gasteiger partial charge in [-0.2, -0.15) is 0 Å². The maximum atomic E-state index is 12.4. The van der Waals surface area contributed by atoms with Crippen LogP contribution in [0.5, 0.6) is 11.5 Å². The van der Waals surface area contributed by atoms with E-state index in [1.54, 1.807) is 26.2 Å². The van der Waals surface area contributed by atoms with E-state index in [1.807, 2.05) is 37.3 Å². The number of aryl methyl sites for hydroxylation is 1. The molecular weight excluding hydrogens is 346 g/mol. The van der Waals surface area contributed by atoms with Gasteiger partial charge in [0.05, 0.1) is 14.2 Å². The second-order valence-electron chi connectivity index (χ2n) is 6.14. The average molecular weight is 371 g/mol. The minimum Gasteiger partial charge on any atom is -0.497 e. The molecule has 0 unspecified atom stereocenters. The van der Waals surface area contributed by atoms with E-state index in [-0.39, 0.29) is 5.91 Å². The van der Waals surface area contributed by atoms with Crippen molar-refractivity contribution in [1.82, 2.24) is 5.32 Å². The van der Waals surface area contributed by atoms with Crippen molar-refractivity contribution in [3.8, 4) is 11.5 Å². The van der Waals surface area contributed by atoms with E-state index < -0.39 is 12.1 Å². The molecule has 0 saturated carbocycles. The third-order valence-corrected chi connectivity index (χ3v) is 4.10. The molecule has 0 bridgehead atoms. The summed E-state index contributed by atoms with van der Waals surface area (Å²) in [6.07, 6.45) is -0.235. The average Bonchev–Trinajstić information content (AvgIpc) is 2.68. The Hall–Kier alpha value is -3.02. The Morgan fingerprint density at radius 1 is 1.04 bits per heavy atom. The maximum Gasteiger partial charge on any atom is 0.342 e. The van der Waals surface area contributed by atoms with Crippen molar-refractivity contribution in [1.29, 1.82) is 0 Å². The van der Waals surface area contributed by atoms with E-state index in [4.69, 9.17) is 14.2 Å². The van der Waals surface area contributed by atoms with Crippen LogP contribution in [-0.4, -0.2) is 38.7 Å². The number of esters is 1. The van der Waals surface area contributed by atoms with Crippen LogP contribution in [-0.2, 0) is 16.0 Å². The van der Waals surface area contributed by atoms with Crippen molar-refractivity contribution in [2.75, 3.05) is 20.8 Å². The Balaban J connectivity index is 1.85. The molecule has 0 aliphatic carbocycles. The van der Waals surface area contributed by atoms with Gasteiger partial charge in [0.15, 0.2) is 6.10 Å². The van der Waals surface area contributed by atoms with Crippen LogP contribution in [0.15, 0.2) is 42.5 Å². The number of benzene rings is 2. The van der Waals surface area contributed by atoms with Gasteiger partial charge in [-0.25, -0.2) is 4.79 Å². The summed E-state index contributed by atoms with van der Waals surface area (Å²) in [5.41, 5.74) is 2.28. The number of ether oxygens (including phenoxy) is 3. The van der Waals surface area contributed by atoms with Crippen LogP contribution in [0.25, 0.3) is 0 Å². The number of hydrogen-bond donors (Lipinski definition) is 1. The standard InChI is InChI=1S/C21H25NO5/c1-14-5-10-19(26-4)18(13-14)21(24)27-15(2)20(23)22-12-11-16-6-8-17(25-3)9-7-16/h5-10,13,15H,11-12H2,1-4H3,(H,22,23)/t15-/m1/s1. The molecule has 0 aromatic heterocycles. The predicted molar refractivity (Wildman–Crippen MR) is 102 cm³/mol. The van der Waals surface area contributed by atoms with Crippen molar-refractivity contribution in [2.24, 2.45) is 0 Å². The Morgan fingerprint density at radius 2 is 1.74 bits per heavy atom. The molecule has 0 radical (unpaired) electrons. The highest BCUT2D eigenvalue weighted by Crippen LogP contribution is 2.21. The minimum atomic E-state index is -0.904. The summed E-state index contributed by atoms with van der Waals surface area (Å²) in [5.74, 6) is 0.268. The fourth-order valence-corrected chi connectivity index (χ4v) is 2.52. The van der Waals surface area contributed by atoms with Gasteiger partial charge in [0.1, 0.15) is 17.1 Å². The fraction of sp³-hybridized carbons (Fsp3) is 0.333. The van der Waals surface area contributed by atoms with E-state index in [0.717, 1.165) is 16.9 Å². The highest BCUT2D eigenvalue weighted by Gasteiger charge is 2.21. The Labute approximate surface area is 159 Å². The molecule has 6 nitrogen and oxygen atoms in total. The third-order valence-electron chi connectivity index (χ3n) is 4.10. The molecular formula is C21H25NO5. The lowest BCUT2D eigenvalue weighted by molar-refractivity contribution is -0.129. The van der Waals surface area contributed by atoms with Crippen molar-refractivity contribution >= 4 is 11.9 Å². The zero-order valence-corrected chi connectivity index (χ0v) is 16.1. The molecule has 1 atom stereocenters. The number of carbonyl (C=O) groups is 2. The van der Waals surface area contributed by atoms with Gasteiger partial charge < -0.3 is 19.5 Å². The van der Waals surface area contributed by atoms with Crippen LogP contribution >= 0.6 is 0 Å². The molecule has 2 aromatic rings. The quantitative estimate of drug-likeness (QED) is 0.722. The van der Waals surface area contributed by atoms with E-state index in [2.05, 4.69) is 5.32 Å². The van der Waals surface area contributed by atoms with Gasteiger partial charge in [0, 0.05) is 6.54 Å². The lowest BCUT2D eigenvalue weighted by atomic mass is 10.1. The number of nitrogens with one attached hydrogen (secondary N) is 1. The number of amides is 1. The molecule has 0 saturated heterocycles. The van der Waals surface area contributed by atoms with Crippen molar-refractivity contribution < 1.29 is 23.8 Å². The van der Waals surface area contributed by atoms with Gasteiger partial charge in [-0.1, -0.05) is 23.8 Å². The van der Waals surface area contributed by atoms with Crippen molar-refractivity contribution in [2.45, 2.75) is 26.4 Å². The lowest BCUT2D eigenvalue weighted by Gasteiger charge is -2.15. The molecule has 0 heterocycles. The third kappa shape index (κ3) is 5.74. The molecule has 0 spiro atoms. The van der Waals surface area contributed by atoms with Gasteiger partial charge in [-0.05, 0) is 50.1 Å². The highest BCUT2D eigenvalue weighted by atomic mass is 16.5. The topological polar surface area (TPSA) is 73.9 Å². The van der Waals surface area contributed by atoms with E-state index in [0.29, 0.717) is 24.3 Å². The van der Waals surface area contributed by atoms with Crippen LogP contribution < -0.4 is 14.8 Å². The van der Waals surface area contributed by atoms with Crippen LogP contribution in [0.4, 0.5) is 0 Å². The first-order chi connectivity index (χ1) is 12.9. The second kappa shape index (κ2) is 9.62. The smallest absolute Gasteiger partial charge is 0.342 e. The van der Waals surface area contributed by atoms with Crippen LogP contribution in [0.3, 0.4) is 0 Å². The monoisotopic (exact) mass is 371 g/mol. The van der Waals surface area contributed by atoms with Gasteiger partial charge in [-0.3, -0.25) is 4.79 Å². The number of rotatable bonds is 8. The summed E-state index contributed by atoms with van der Waals surface area (Å²) in [5, 5.41) is 2.78. The van der Waals surface area contributed by atoms with Crippen molar-refractivity contribution in [3.05, 3.63) is 59.2 Å². The zero-order chi connectivity index (χ0) is 19.8. The van der Waals surface area contributed by atoms with Gasteiger partial charge in [0.25, 0.3) is 5.91 Å². The maximum absolute atomic E-state index is 12.4. The van der Waals surface area contributed by atoms with Gasteiger partial charge in [-0.15, -0.1) is 0 Å². The Kier molecular flexibility index (Phi) is 7.23. The van der Waals surface area contributed by atoms with Crippen LogP contribution in [0.2, 0.25) is 0 Å². The zero-order valence-electron chi connectivity index (χ0n) is 16.1. The molecule has 144 valence electrons. The van der Waals surface area contributed by atoms with E-state index >= 15 is 0 Å². The molecule has 0 aliphatic rings. The molecule has 1 N–H and O–H groups in total. The molecule has 0 aliphatic heterocycles. The molecule has 0 fully saturated rings. The predicted octanol–water partition coefficient (Wildman–Crippen LogP) is 2.92. The summed E-state index contributed by atoms with van der Waals surface area (Å²) < 4.78 is 15.6. The minimum absolute atomic E-state index is 0.301. The Morgan fingerprint density at radius 3 is 2.37 bits per heavy atom. The first kappa shape index (κ1) is 20.3. The van der Waals surface area contributed by atoms with Gasteiger partial charge in [0.2, 0.25) is 0 Å². The molecule has 2 rings (SSSR count). The van der Waals surface area contributed by atoms with Crippen molar-refractivity contribution in [3.63, 3.8) is 0 Å². The molecule has 1 amide bonds. The molecule has 6 heteroatoms. The summed E-state index contributed by atoms with van der Waals surface area (Å²) >= 11 is 0. The van der Waals surface area contributed by atoms with E-state index in [1.165, 1.54) is 7.11 Å². The normalized spacial score (nSPS) is 11.4. The SMILES string of the molecule is COc1ccc(CCNC(=O)[C@@H](C)OC(=O)c2cc(C)ccc2OC)cc1. The Bertz CT molecular complexity index is 786. The largest absolute Gasteiger partial charge is 0.497 e. The van der Waals surface area contributed by atoms with Gasteiger partial charge >= 0.3 is 5.97 Å². The van der Waals surface area contributed by atoms with Crippen LogP contribution in [0.1, 0.15) is 28.4 Å². The first-order valence-electron chi connectivity index (χ1n) is 8.71. The highest BCUT2D eigenvalue weighted by molar-refractivity contribution is 5.94. The summed E-state index contributed by atoms with van der Waals surface area (Å²) in [6, 6.07) is 12.8. The number of methoxy groups -OCH3 is 2.